The highest BCUT2D eigenvalue weighted by Crippen LogP contribution is 2.21. The van der Waals surface area contributed by atoms with E-state index in [1.54, 1.807) is 13.2 Å². The zero-order valence-corrected chi connectivity index (χ0v) is 14.4. The lowest BCUT2D eigenvalue weighted by atomic mass is 10.0. The predicted molar refractivity (Wildman–Crippen MR) is 91.6 cm³/mol. The van der Waals surface area contributed by atoms with Crippen molar-refractivity contribution in [3.05, 3.63) is 41.5 Å². The van der Waals surface area contributed by atoms with E-state index in [1.165, 1.54) is 0 Å². The van der Waals surface area contributed by atoms with Gasteiger partial charge >= 0.3 is 0 Å². The first-order valence-electron chi connectivity index (χ1n) is 8.29. The van der Waals surface area contributed by atoms with Gasteiger partial charge in [0.25, 0.3) is 0 Å². The summed E-state index contributed by atoms with van der Waals surface area (Å²) in [4.78, 5) is 14.4. The van der Waals surface area contributed by atoms with Crippen molar-refractivity contribution >= 4 is 5.91 Å². The van der Waals surface area contributed by atoms with E-state index in [2.05, 4.69) is 0 Å². The molecule has 0 saturated carbocycles. The normalized spacial score (nSPS) is 18.0. The van der Waals surface area contributed by atoms with Crippen LogP contribution in [-0.2, 0) is 16.0 Å². The SMILES string of the molecule is CCN(CC1CCOC1)C(=O)C=C(C)Cc1ccccc1OC. The Morgan fingerprint density at radius 3 is 2.87 bits per heavy atom. The predicted octanol–water partition coefficient (Wildman–Crippen LogP) is 3.07. The van der Waals surface area contributed by atoms with Crippen molar-refractivity contribution in [2.24, 2.45) is 5.92 Å². The fraction of sp³-hybridized carbons (Fsp3) is 0.526. The van der Waals surface area contributed by atoms with Gasteiger partial charge in [-0.25, -0.2) is 0 Å². The molecule has 126 valence electrons. The van der Waals surface area contributed by atoms with Crippen LogP contribution in [0.25, 0.3) is 0 Å². The molecule has 0 aliphatic carbocycles. The molecule has 0 spiro atoms. The number of benzene rings is 1. The van der Waals surface area contributed by atoms with Crippen LogP contribution < -0.4 is 4.74 Å². The highest BCUT2D eigenvalue weighted by Gasteiger charge is 2.20. The summed E-state index contributed by atoms with van der Waals surface area (Å²) in [5, 5.41) is 0. The van der Waals surface area contributed by atoms with E-state index < -0.39 is 0 Å². The fourth-order valence-corrected chi connectivity index (χ4v) is 2.92. The second-order valence-electron chi connectivity index (χ2n) is 6.09. The second-order valence-corrected chi connectivity index (χ2v) is 6.09. The summed E-state index contributed by atoms with van der Waals surface area (Å²) in [5.41, 5.74) is 2.14. The number of methoxy groups -OCH3 is 1. The molecular formula is C19H27NO3. The number of rotatable bonds is 7. The van der Waals surface area contributed by atoms with Crippen LogP contribution in [0.4, 0.5) is 0 Å². The van der Waals surface area contributed by atoms with Crippen LogP contribution in [0.2, 0.25) is 0 Å². The topological polar surface area (TPSA) is 38.8 Å². The highest BCUT2D eigenvalue weighted by molar-refractivity contribution is 5.88. The van der Waals surface area contributed by atoms with Crippen LogP contribution in [-0.4, -0.2) is 44.2 Å². The maximum absolute atomic E-state index is 12.5. The van der Waals surface area contributed by atoms with E-state index >= 15 is 0 Å². The summed E-state index contributed by atoms with van der Waals surface area (Å²) in [5.74, 6) is 1.43. The Balaban J connectivity index is 1.98. The minimum atomic E-state index is 0.0896. The van der Waals surface area contributed by atoms with Gasteiger partial charge in [0.05, 0.1) is 13.7 Å². The van der Waals surface area contributed by atoms with Gasteiger partial charge in [0.1, 0.15) is 5.75 Å². The van der Waals surface area contributed by atoms with Gasteiger partial charge in [0.15, 0.2) is 0 Å². The Labute approximate surface area is 139 Å². The van der Waals surface area contributed by atoms with E-state index in [-0.39, 0.29) is 5.91 Å². The first kappa shape index (κ1) is 17.5. The Hall–Kier alpha value is -1.81. The van der Waals surface area contributed by atoms with Crippen molar-refractivity contribution in [1.82, 2.24) is 4.90 Å². The number of likely N-dealkylation sites (N-methyl/N-ethyl adjacent to an activating group) is 1. The summed E-state index contributed by atoms with van der Waals surface area (Å²) in [6.07, 6.45) is 3.53. The largest absolute Gasteiger partial charge is 0.496 e. The van der Waals surface area contributed by atoms with E-state index in [0.717, 1.165) is 56.0 Å². The van der Waals surface area contributed by atoms with E-state index in [0.29, 0.717) is 5.92 Å². The van der Waals surface area contributed by atoms with E-state index in [9.17, 15) is 4.79 Å². The number of nitrogens with zero attached hydrogens (tertiary/aromatic N) is 1. The van der Waals surface area contributed by atoms with Crippen LogP contribution in [0.15, 0.2) is 35.9 Å². The average molecular weight is 317 g/mol. The van der Waals surface area contributed by atoms with Gasteiger partial charge < -0.3 is 14.4 Å². The number of carbonyl (C=O) groups is 1. The Morgan fingerprint density at radius 1 is 1.43 bits per heavy atom. The molecule has 1 unspecified atom stereocenters. The van der Waals surface area contributed by atoms with Crippen LogP contribution in [0.3, 0.4) is 0 Å². The van der Waals surface area contributed by atoms with Gasteiger partial charge in [0.2, 0.25) is 5.91 Å². The lowest BCUT2D eigenvalue weighted by molar-refractivity contribution is -0.126. The summed E-state index contributed by atoms with van der Waals surface area (Å²) >= 11 is 0. The number of hydrogen-bond acceptors (Lipinski definition) is 3. The maximum atomic E-state index is 12.5. The minimum Gasteiger partial charge on any atom is -0.496 e. The van der Waals surface area contributed by atoms with E-state index in [4.69, 9.17) is 9.47 Å². The molecule has 4 nitrogen and oxygen atoms in total. The molecule has 23 heavy (non-hydrogen) atoms. The first-order valence-corrected chi connectivity index (χ1v) is 8.29. The van der Waals surface area contributed by atoms with Gasteiger partial charge in [-0.05, 0) is 38.3 Å². The fourth-order valence-electron chi connectivity index (χ4n) is 2.92. The number of amides is 1. The lowest BCUT2D eigenvalue weighted by Crippen LogP contribution is -2.34. The highest BCUT2D eigenvalue weighted by atomic mass is 16.5. The van der Waals surface area contributed by atoms with E-state index in [1.807, 2.05) is 43.0 Å². The Bertz CT molecular complexity index is 547. The molecule has 4 heteroatoms. The monoisotopic (exact) mass is 317 g/mol. The molecule has 0 aromatic heterocycles. The lowest BCUT2D eigenvalue weighted by Gasteiger charge is -2.22. The molecule has 1 aromatic carbocycles. The molecule has 0 bridgehead atoms. The van der Waals surface area contributed by atoms with Crippen molar-refractivity contribution in [3.63, 3.8) is 0 Å². The molecule has 1 heterocycles. The molecule has 1 aliphatic rings. The van der Waals surface area contributed by atoms with Crippen molar-refractivity contribution < 1.29 is 14.3 Å². The molecule has 1 aliphatic heterocycles. The van der Waals surface area contributed by atoms with Crippen molar-refractivity contribution in [2.75, 3.05) is 33.4 Å². The minimum absolute atomic E-state index is 0.0896. The second kappa shape index (κ2) is 8.73. The van der Waals surface area contributed by atoms with Crippen LogP contribution in [0.5, 0.6) is 5.75 Å². The standard InChI is InChI=1S/C19H27NO3/c1-4-20(13-16-9-10-23-14-16)19(21)12-15(2)11-17-7-5-6-8-18(17)22-3/h5-8,12,16H,4,9-11,13-14H2,1-3H3. The molecule has 0 N–H and O–H groups in total. The number of hydrogen-bond donors (Lipinski definition) is 0. The third-order valence-corrected chi connectivity index (χ3v) is 4.23. The zero-order chi connectivity index (χ0) is 16.7. The number of allylic oxidation sites excluding steroid dienone is 1. The third kappa shape index (κ3) is 5.10. The van der Waals surface area contributed by atoms with Crippen molar-refractivity contribution in [2.45, 2.75) is 26.7 Å². The molecule has 1 aromatic rings. The smallest absolute Gasteiger partial charge is 0.246 e. The first-order chi connectivity index (χ1) is 11.1. The van der Waals surface area contributed by atoms with Crippen LogP contribution in [0.1, 0.15) is 25.8 Å². The Kier molecular flexibility index (Phi) is 6.66. The van der Waals surface area contributed by atoms with Crippen molar-refractivity contribution in [1.29, 1.82) is 0 Å². The average Bonchev–Trinajstić information content (AvgIpc) is 3.06. The van der Waals surface area contributed by atoms with Gasteiger partial charge in [0, 0.05) is 31.7 Å². The number of para-hydroxylation sites is 1. The summed E-state index contributed by atoms with van der Waals surface area (Å²) < 4.78 is 10.8. The Morgan fingerprint density at radius 2 is 2.22 bits per heavy atom. The zero-order valence-electron chi connectivity index (χ0n) is 14.4. The molecular weight excluding hydrogens is 290 g/mol. The quantitative estimate of drug-likeness (QED) is 0.726. The molecule has 2 rings (SSSR count). The van der Waals surface area contributed by atoms with Gasteiger partial charge in [-0.3, -0.25) is 4.79 Å². The van der Waals surface area contributed by atoms with Crippen LogP contribution >= 0.6 is 0 Å². The van der Waals surface area contributed by atoms with Gasteiger partial charge in [-0.15, -0.1) is 0 Å². The summed E-state index contributed by atoms with van der Waals surface area (Å²) in [6.45, 7) is 7.13. The third-order valence-electron chi connectivity index (χ3n) is 4.23. The summed E-state index contributed by atoms with van der Waals surface area (Å²) in [7, 11) is 1.67. The molecule has 1 amide bonds. The molecule has 1 fully saturated rings. The molecule has 1 atom stereocenters. The number of ether oxygens (including phenoxy) is 2. The van der Waals surface area contributed by atoms with Gasteiger partial charge in [-0.2, -0.15) is 0 Å². The van der Waals surface area contributed by atoms with Crippen molar-refractivity contribution in [3.8, 4) is 5.75 Å². The van der Waals surface area contributed by atoms with Gasteiger partial charge in [-0.1, -0.05) is 23.8 Å². The molecule has 0 radical (unpaired) electrons. The van der Waals surface area contributed by atoms with Crippen LogP contribution in [0, 0.1) is 5.92 Å². The molecule has 1 saturated heterocycles. The number of carbonyl (C=O) groups excluding carboxylic acids is 1. The summed E-state index contributed by atoms with van der Waals surface area (Å²) in [6, 6.07) is 7.93. The maximum Gasteiger partial charge on any atom is 0.246 e.